The van der Waals surface area contributed by atoms with Gasteiger partial charge in [-0.15, -0.1) is 0 Å². The van der Waals surface area contributed by atoms with Gasteiger partial charge >= 0.3 is 0 Å². The maximum absolute atomic E-state index is 5.99. The Kier molecular flexibility index (Phi) is 3.74. The molecule has 1 saturated carbocycles. The molecule has 0 heterocycles. The van der Waals surface area contributed by atoms with Crippen molar-refractivity contribution >= 4 is 27.3 Å². The van der Waals surface area contributed by atoms with E-state index in [4.69, 9.17) is 5.73 Å². The van der Waals surface area contributed by atoms with Crippen LogP contribution in [-0.2, 0) is 0 Å². The molecule has 1 aliphatic carbocycles. The zero-order chi connectivity index (χ0) is 11.5. The normalized spacial score (nSPS) is 25.4. The van der Waals surface area contributed by atoms with E-state index in [-0.39, 0.29) is 0 Å². The molecule has 0 saturated heterocycles. The van der Waals surface area contributed by atoms with Gasteiger partial charge in [-0.1, -0.05) is 35.7 Å². The lowest BCUT2D eigenvalue weighted by Crippen LogP contribution is -2.30. The van der Waals surface area contributed by atoms with E-state index in [2.05, 4.69) is 34.2 Å². The van der Waals surface area contributed by atoms with Crippen LogP contribution in [0, 0.1) is 5.92 Å². The topological polar surface area (TPSA) is 38.0 Å². The number of rotatable bonds is 2. The lowest BCUT2D eigenvalue weighted by molar-refractivity contribution is 0.349. The van der Waals surface area contributed by atoms with Gasteiger partial charge in [0.1, 0.15) is 0 Å². The lowest BCUT2D eigenvalue weighted by Gasteiger charge is -2.30. The summed E-state index contributed by atoms with van der Waals surface area (Å²) in [5.74, 6) is 0.747. The number of benzene rings is 1. The van der Waals surface area contributed by atoms with Crippen LogP contribution in [0.15, 0.2) is 22.7 Å². The van der Waals surface area contributed by atoms with Crippen molar-refractivity contribution in [1.82, 2.24) is 0 Å². The number of hydrogen-bond donors (Lipinski definition) is 2. The van der Waals surface area contributed by atoms with Gasteiger partial charge in [-0.05, 0) is 37.0 Å². The Balaban J connectivity index is 2.07. The van der Waals surface area contributed by atoms with Crippen LogP contribution < -0.4 is 11.1 Å². The minimum Gasteiger partial charge on any atom is -0.397 e. The van der Waals surface area contributed by atoms with Crippen LogP contribution in [0.2, 0.25) is 0 Å². The average molecular weight is 283 g/mol. The zero-order valence-electron chi connectivity index (χ0n) is 9.67. The van der Waals surface area contributed by atoms with Crippen LogP contribution in [0.3, 0.4) is 0 Å². The van der Waals surface area contributed by atoms with Gasteiger partial charge < -0.3 is 11.1 Å². The molecule has 1 fully saturated rings. The second kappa shape index (κ2) is 5.09. The number of nitrogens with two attached hydrogens (primary N) is 1. The van der Waals surface area contributed by atoms with Gasteiger partial charge in [0, 0.05) is 10.5 Å². The van der Waals surface area contributed by atoms with Crippen LogP contribution >= 0.6 is 15.9 Å². The number of nitrogens with one attached hydrogen (secondary N) is 1. The molecule has 2 nitrogen and oxygen atoms in total. The van der Waals surface area contributed by atoms with E-state index in [0.29, 0.717) is 6.04 Å². The Morgan fingerprint density at radius 3 is 2.75 bits per heavy atom. The smallest absolute Gasteiger partial charge is 0.0576 e. The van der Waals surface area contributed by atoms with Gasteiger partial charge in [-0.2, -0.15) is 0 Å². The number of hydrogen-bond acceptors (Lipinski definition) is 2. The number of halogens is 1. The van der Waals surface area contributed by atoms with Gasteiger partial charge in [0.2, 0.25) is 0 Å². The summed E-state index contributed by atoms with van der Waals surface area (Å²) < 4.78 is 1.03. The van der Waals surface area contributed by atoms with Crippen molar-refractivity contribution in [2.75, 3.05) is 11.1 Å². The molecule has 0 radical (unpaired) electrons. The van der Waals surface area contributed by atoms with Crippen molar-refractivity contribution in [2.45, 2.75) is 38.6 Å². The summed E-state index contributed by atoms with van der Waals surface area (Å²) in [5.41, 5.74) is 7.89. The van der Waals surface area contributed by atoms with Crippen LogP contribution in [0.1, 0.15) is 32.6 Å². The van der Waals surface area contributed by atoms with Gasteiger partial charge in [0.25, 0.3) is 0 Å². The standard InChI is InChI=1S/C13H19BrN2/c1-9-4-2-3-5-12(9)16-13-7-6-10(14)8-11(13)15/h6-9,12,16H,2-5,15H2,1H3/t9-,12+/m1/s1. The fourth-order valence-electron chi connectivity index (χ4n) is 2.40. The lowest BCUT2D eigenvalue weighted by atomic mass is 9.86. The SMILES string of the molecule is C[C@@H]1CCCC[C@@H]1Nc1ccc(Br)cc1N. The Labute approximate surface area is 106 Å². The van der Waals surface area contributed by atoms with Gasteiger partial charge in [-0.3, -0.25) is 0 Å². The monoisotopic (exact) mass is 282 g/mol. The van der Waals surface area contributed by atoms with Crippen molar-refractivity contribution < 1.29 is 0 Å². The van der Waals surface area contributed by atoms with Crippen molar-refractivity contribution in [3.05, 3.63) is 22.7 Å². The van der Waals surface area contributed by atoms with E-state index in [1.165, 1.54) is 25.7 Å². The maximum atomic E-state index is 5.99. The van der Waals surface area contributed by atoms with Crippen molar-refractivity contribution in [2.24, 2.45) is 5.92 Å². The van der Waals surface area contributed by atoms with E-state index in [0.717, 1.165) is 21.8 Å². The highest BCUT2D eigenvalue weighted by Gasteiger charge is 2.21. The van der Waals surface area contributed by atoms with Crippen molar-refractivity contribution in [3.8, 4) is 0 Å². The van der Waals surface area contributed by atoms with Gasteiger partial charge in [0.05, 0.1) is 11.4 Å². The largest absolute Gasteiger partial charge is 0.397 e. The van der Waals surface area contributed by atoms with Gasteiger partial charge in [0.15, 0.2) is 0 Å². The van der Waals surface area contributed by atoms with E-state index < -0.39 is 0 Å². The number of anilines is 2. The summed E-state index contributed by atoms with van der Waals surface area (Å²) in [6.07, 6.45) is 5.29. The first kappa shape index (κ1) is 11.8. The molecule has 3 heteroatoms. The third-order valence-corrected chi connectivity index (χ3v) is 3.96. The highest BCUT2D eigenvalue weighted by Crippen LogP contribution is 2.30. The van der Waals surface area contributed by atoms with Crippen LogP contribution in [0.4, 0.5) is 11.4 Å². The minimum absolute atomic E-state index is 0.581. The molecular formula is C13H19BrN2. The Morgan fingerprint density at radius 1 is 1.31 bits per heavy atom. The fourth-order valence-corrected chi connectivity index (χ4v) is 2.77. The molecule has 0 aromatic heterocycles. The summed E-state index contributed by atoms with van der Waals surface area (Å²) >= 11 is 3.43. The second-order valence-corrected chi connectivity index (χ2v) is 5.66. The number of nitrogen functional groups attached to an aromatic ring is 1. The first-order valence-corrected chi connectivity index (χ1v) is 6.77. The summed E-state index contributed by atoms with van der Waals surface area (Å²) in [7, 11) is 0. The molecule has 0 aliphatic heterocycles. The van der Waals surface area contributed by atoms with Crippen LogP contribution in [0.5, 0.6) is 0 Å². The first-order chi connectivity index (χ1) is 7.66. The molecule has 2 rings (SSSR count). The minimum atomic E-state index is 0.581. The molecule has 1 aromatic rings. The van der Waals surface area contributed by atoms with E-state index >= 15 is 0 Å². The van der Waals surface area contributed by atoms with E-state index in [9.17, 15) is 0 Å². The molecule has 16 heavy (non-hydrogen) atoms. The molecule has 88 valence electrons. The molecule has 0 spiro atoms. The summed E-state index contributed by atoms with van der Waals surface area (Å²) in [6, 6.07) is 6.63. The third-order valence-electron chi connectivity index (χ3n) is 3.47. The summed E-state index contributed by atoms with van der Waals surface area (Å²) in [4.78, 5) is 0. The molecule has 0 bridgehead atoms. The Hall–Kier alpha value is -0.700. The highest BCUT2D eigenvalue weighted by atomic mass is 79.9. The molecule has 0 unspecified atom stereocenters. The molecular weight excluding hydrogens is 264 g/mol. The highest BCUT2D eigenvalue weighted by molar-refractivity contribution is 9.10. The Morgan fingerprint density at radius 2 is 2.06 bits per heavy atom. The Bertz CT molecular complexity index is 365. The zero-order valence-corrected chi connectivity index (χ0v) is 11.3. The van der Waals surface area contributed by atoms with Crippen LogP contribution in [0.25, 0.3) is 0 Å². The van der Waals surface area contributed by atoms with Crippen molar-refractivity contribution in [1.29, 1.82) is 0 Å². The average Bonchev–Trinajstić information content (AvgIpc) is 2.25. The third kappa shape index (κ3) is 2.70. The van der Waals surface area contributed by atoms with Crippen molar-refractivity contribution in [3.63, 3.8) is 0 Å². The molecule has 1 aliphatic rings. The first-order valence-electron chi connectivity index (χ1n) is 5.98. The molecule has 0 amide bonds. The fraction of sp³-hybridized carbons (Fsp3) is 0.538. The molecule has 3 N–H and O–H groups in total. The predicted octanol–water partition coefficient (Wildman–Crippen LogP) is 4.02. The predicted molar refractivity (Wildman–Crippen MR) is 73.6 cm³/mol. The summed E-state index contributed by atoms with van der Waals surface area (Å²) in [5, 5.41) is 3.58. The van der Waals surface area contributed by atoms with E-state index in [1.807, 2.05) is 12.1 Å². The van der Waals surface area contributed by atoms with Crippen LogP contribution in [-0.4, -0.2) is 6.04 Å². The van der Waals surface area contributed by atoms with E-state index in [1.54, 1.807) is 0 Å². The molecule has 1 aromatic carbocycles. The quantitative estimate of drug-likeness (QED) is 0.804. The molecule has 2 atom stereocenters. The summed E-state index contributed by atoms with van der Waals surface area (Å²) in [6.45, 7) is 2.33. The van der Waals surface area contributed by atoms with Gasteiger partial charge in [-0.25, -0.2) is 0 Å². The second-order valence-electron chi connectivity index (χ2n) is 4.74. The maximum Gasteiger partial charge on any atom is 0.0576 e.